The third-order valence-electron chi connectivity index (χ3n) is 3.00. The summed E-state index contributed by atoms with van der Waals surface area (Å²) in [5.74, 6) is 5.88. The van der Waals surface area contributed by atoms with Gasteiger partial charge in [-0.1, -0.05) is 17.8 Å². The molecule has 26 heavy (non-hydrogen) atoms. The first-order valence-electron chi connectivity index (χ1n) is 7.33. The quantitative estimate of drug-likeness (QED) is 0.249. The van der Waals surface area contributed by atoms with E-state index < -0.39 is 5.82 Å². The van der Waals surface area contributed by atoms with Gasteiger partial charge in [-0.05, 0) is 30.3 Å². The highest BCUT2D eigenvalue weighted by atomic mass is 32.2. The summed E-state index contributed by atoms with van der Waals surface area (Å²) in [6, 6.07) is 9.09. The molecule has 1 amide bonds. The first-order chi connectivity index (χ1) is 12.6. The van der Waals surface area contributed by atoms with Crippen LogP contribution in [0.5, 0.6) is 0 Å². The van der Waals surface area contributed by atoms with Crippen molar-refractivity contribution in [3.63, 3.8) is 0 Å². The van der Waals surface area contributed by atoms with Gasteiger partial charge in [0.15, 0.2) is 0 Å². The van der Waals surface area contributed by atoms with E-state index in [-0.39, 0.29) is 17.6 Å². The summed E-state index contributed by atoms with van der Waals surface area (Å²) in [6.45, 7) is 0. The van der Waals surface area contributed by atoms with Crippen molar-refractivity contribution in [1.82, 2.24) is 14.9 Å². The second kappa shape index (κ2) is 8.16. The van der Waals surface area contributed by atoms with E-state index in [4.69, 9.17) is 10.3 Å². The Morgan fingerprint density at radius 3 is 3.04 bits per heavy atom. The molecule has 0 aliphatic carbocycles. The van der Waals surface area contributed by atoms with E-state index in [2.05, 4.69) is 26.0 Å². The van der Waals surface area contributed by atoms with Crippen LogP contribution in [0.1, 0.15) is 5.76 Å². The first-order valence-corrected chi connectivity index (χ1v) is 8.31. The number of hydrogen-bond donors (Lipinski definition) is 3. The van der Waals surface area contributed by atoms with Crippen LogP contribution in [0.2, 0.25) is 0 Å². The average Bonchev–Trinajstić information content (AvgIpc) is 3.24. The highest BCUT2D eigenvalue weighted by Crippen LogP contribution is 2.17. The lowest BCUT2D eigenvalue weighted by molar-refractivity contribution is -0.113. The van der Waals surface area contributed by atoms with Crippen LogP contribution < -0.4 is 16.6 Å². The Morgan fingerprint density at radius 2 is 2.27 bits per heavy atom. The third-order valence-corrected chi connectivity index (χ3v) is 3.95. The predicted octanol–water partition coefficient (Wildman–Crippen LogP) is 1.90. The number of nitrogens with one attached hydrogen (secondary N) is 2. The molecule has 0 saturated heterocycles. The lowest BCUT2D eigenvalue weighted by atomic mass is 10.3. The lowest BCUT2D eigenvalue weighted by Gasteiger charge is -2.05. The fourth-order valence-electron chi connectivity index (χ4n) is 1.86. The van der Waals surface area contributed by atoms with E-state index in [0.717, 1.165) is 11.8 Å². The monoisotopic (exact) mass is 375 g/mol. The molecule has 2 heterocycles. The van der Waals surface area contributed by atoms with Crippen molar-refractivity contribution in [2.45, 2.75) is 5.16 Å². The van der Waals surface area contributed by atoms with Crippen molar-refractivity contribution >= 4 is 35.5 Å². The van der Waals surface area contributed by atoms with Crippen LogP contribution in [0.3, 0.4) is 0 Å². The Balaban J connectivity index is 1.52. The zero-order chi connectivity index (χ0) is 18.4. The summed E-state index contributed by atoms with van der Waals surface area (Å²) < 4.78 is 19.4. The lowest BCUT2D eigenvalue weighted by Crippen LogP contribution is -2.17. The van der Waals surface area contributed by atoms with Gasteiger partial charge in [0, 0.05) is 5.69 Å². The number of furan rings is 1. The molecule has 0 fully saturated rings. The second-order valence-corrected chi connectivity index (χ2v) is 5.85. The van der Waals surface area contributed by atoms with Crippen LogP contribution in [0.4, 0.5) is 16.0 Å². The van der Waals surface area contributed by atoms with E-state index in [1.165, 1.54) is 35.4 Å². The fraction of sp³-hybridized carbons (Fsp3) is 0.0667. The van der Waals surface area contributed by atoms with Gasteiger partial charge < -0.3 is 15.6 Å². The molecule has 0 aliphatic rings. The molecule has 134 valence electrons. The maximum Gasteiger partial charge on any atom is 0.264 e. The summed E-state index contributed by atoms with van der Waals surface area (Å²) in [5.41, 5.74) is 3.00. The molecular weight excluding hydrogens is 361 g/mol. The minimum absolute atomic E-state index is 0.0293. The molecule has 0 spiro atoms. The van der Waals surface area contributed by atoms with E-state index >= 15 is 0 Å². The molecule has 11 heteroatoms. The Labute approximate surface area is 151 Å². The third kappa shape index (κ3) is 4.60. The number of carbonyl (C=O) groups is 1. The number of nitrogens with zero attached hydrogens (tertiary/aromatic N) is 4. The van der Waals surface area contributed by atoms with Crippen molar-refractivity contribution in [3.8, 4) is 0 Å². The number of thioether (sulfide) groups is 1. The summed E-state index contributed by atoms with van der Waals surface area (Å²) >= 11 is 1.08. The number of hydrazone groups is 1. The molecule has 0 unspecified atom stereocenters. The smallest absolute Gasteiger partial charge is 0.264 e. The van der Waals surface area contributed by atoms with Gasteiger partial charge in [0.1, 0.15) is 11.6 Å². The van der Waals surface area contributed by atoms with Crippen LogP contribution in [-0.4, -0.2) is 32.7 Å². The molecule has 0 bridgehead atoms. The Morgan fingerprint density at radius 1 is 1.38 bits per heavy atom. The van der Waals surface area contributed by atoms with E-state index in [1.54, 1.807) is 18.2 Å². The number of halogens is 1. The highest BCUT2D eigenvalue weighted by molar-refractivity contribution is 7.99. The minimum Gasteiger partial charge on any atom is -0.463 e. The van der Waals surface area contributed by atoms with Crippen LogP contribution >= 0.6 is 11.8 Å². The molecule has 1 aromatic carbocycles. The second-order valence-electron chi connectivity index (χ2n) is 4.91. The molecule has 3 aromatic rings. The number of nitrogens with two attached hydrogens (primary N) is 1. The standard InChI is InChI=1S/C15H14FN7O2S/c16-10-3-1-4-11(7-10)19-13(24)9-26-15-22-21-14(23(15)17)20-18-8-12-5-2-6-25-12/h1-8H,9,17H2,(H,19,24)(H,20,21)/b18-8+. The maximum atomic E-state index is 13.1. The zero-order valence-electron chi connectivity index (χ0n) is 13.3. The average molecular weight is 375 g/mol. The summed E-state index contributed by atoms with van der Waals surface area (Å²) in [4.78, 5) is 11.9. The van der Waals surface area contributed by atoms with Crippen molar-refractivity contribution in [3.05, 3.63) is 54.2 Å². The van der Waals surface area contributed by atoms with Crippen LogP contribution in [0.25, 0.3) is 0 Å². The minimum atomic E-state index is -0.428. The topological polar surface area (TPSA) is 123 Å². The van der Waals surface area contributed by atoms with Gasteiger partial charge in [-0.2, -0.15) is 5.10 Å². The van der Waals surface area contributed by atoms with Crippen LogP contribution in [0.15, 0.2) is 57.3 Å². The molecule has 0 saturated carbocycles. The van der Waals surface area contributed by atoms with Gasteiger partial charge in [-0.15, -0.1) is 10.2 Å². The van der Waals surface area contributed by atoms with Gasteiger partial charge in [0.05, 0.1) is 18.2 Å². The highest BCUT2D eigenvalue weighted by Gasteiger charge is 2.12. The zero-order valence-corrected chi connectivity index (χ0v) is 14.1. The van der Waals surface area contributed by atoms with Crippen LogP contribution in [0, 0.1) is 5.82 Å². The normalized spacial score (nSPS) is 11.0. The SMILES string of the molecule is Nn1c(N/N=C/c2ccco2)nnc1SCC(=O)Nc1cccc(F)c1. The Hall–Kier alpha value is -3.34. The van der Waals surface area contributed by atoms with Gasteiger partial charge in [0.2, 0.25) is 11.1 Å². The van der Waals surface area contributed by atoms with Gasteiger partial charge in [-0.25, -0.2) is 14.5 Å². The number of carbonyl (C=O) groups excluding carboxylic acids is 1. The molecule has 4 N–H and O–H groups in total. The van der Waals surface area contributed by atoms with Crippen molar-refractivity contribution < 1.29 is 13.6 Å². The summed E-state index contributed by atoms with van der Waals surface area (Å²) in [6.07, 6.45) is 2.98. The molecular formula is C15H14FN7O2S. The number of nitrogen functional groups attached to an aromatic ring is 1. The van der Waals surface area contributed by atoms with Gasteiger partial charge >= 0.3 is 0 Å². The molecule has 9 nitrogen and oxygen atoms in total. The number of rotatable bonds is 7. The van der Waals surface area contributed by atoms with E-state index in [0.29, 0.717) is 16.6 Å². The van der Waals surface area contributed by atoms with E-state index in [1.807, 2.05) is 0 Å². The van der Waals surface area contributed by atoms with E-state index in [9.17, 15) is 9.18 Å². The summed E-state index contributed by atoms with van der Waals surface area (Å²) in [5, 5.41) is 14.5. The van der Waals surface area contributed by atoms with Crippen molar-refractivity contribution in [1.29, 1.82) is 0 Å². The first kappa shape index (κ1) is 17.5. The number of anilines is 2. The fourth-order valence-corrected chi connectivity index (χ4v) is 2.52. The number of benzene rings is 1. The number of hydrogen-bond acceptors (Lipinski definition) is 8. The summed E-state index contributed by atoms with van der Waals surface area (Å²) in [7, 11) is 0. The Kier molecular flexibility index (Phi) is 5.49. The number of aromatic nitrogens is 3. The van der Waals surface area contributed by atoms with Crippen molar-refractivity contribution in [2.75, 3.05) is 22.3 Å². The molecule has 0 radical (unpaired) electrons. The number of amides is 1. The molecule has 0 atom stereocenters. The van der Waals surface area contributed by atoms with Crippen LogP contribution in [-0.2, 0) is 4.79 Å². The predicted molar refractivity (Wildman–Crippen MR) is 95.9 cm³/mol. The largest absolute Gasteiger partial charge is 0.463 e. The van der Waals surface area contributed by atoms with Gasteiger partial charge in [-0.3, -0.25) is 4.79 Å². The maximum absolute atomic E-state index is 13.1. The molecule has 3 rings (SSSR count). The molecule has 2 aromatic heterocycles. The Bertz CT molecular complexity index is 911. The van der Waals surface area contributed by atoms with Gasteiger partial charge in [0.25, 0.3) is 5.95 Å². The van der Waals surface area contributed by atoms with Crippen molar-refractivity contribution in [2.24, 2.45) is 5.10 Å². The molecule has 0 aliphatic heterocycles.